The quantitative estimate of drug-likeness (QED) is 0.779. The monoisotopic (exact) mass is 336 g/mol. The van der Waals surface area contributed by atoms with Crippen molar-refractivity contribution in [3.63, 3.8) is 0 Å². The number of likely N-dealkylation sites (N-methyl/N-ethyl adjacent to an activating group) is 1. The summed E-state index contributed by atoms with van der Waals surface area (Å²) in [5.41, 5.74) is 0. The number of nitrogens with zero attached hydrogens (tertiary/aromatic N) is 1. The molecule has 4 nitrogen and oxygen atoms in total. The van der Waals surface area contributed by atoms with Gasteiger partial charge in [-0.2, -0.15) is 8.78 Å². The fourth-order valence-corrected chi connectivity index (χ4v) is 3.32. The Labute approximate surface area is 130 Å². The third-order valence-corrected chi connectivity index (χ3v) is 4.30. The molecule has 0 aromatic carbocycles. The van der Waals surface area contributed by atoms with E-state index in [-0.39, 0.29) is 28.3 Å². The number of hydrogen-bond donors (Lipinski definition) is 1. The SMILES string of the molecule is CCN(CC(=O)NC(C)C)C(=O)c1sccc1SC(F)F. The summed E-state index contributed by atoms with van der Waals surface area (Å²) in [4.78, 5) is 25.9. The molecule has 1 aromatic rings. The highest BCUT2D eigenvalue weighted by atomic mass is 32.2. The highest BCUT2D eigenvalue weighted by Gasteiger charge is 2.23. The summed E-state index contributed by atoms with van der Waals surface area (Å²) in [6.45, 7) is 5.65. The van der Waals surface area contributed by atoms with E-state index in [9.17, 15) is 18.4 Å². The van der Waals surface area contributed by atoms with Crippen LogP contribution in [0.4, 0.5) is 8.78 Å². The number of amides is 2. The molecule has 0 fully saturated rings. The van der Waals surface area contributed by atoms with Gasteiger partial charge < -0.3 is 10.2 Å². The molecule has 2 amide bonds. The van der Waals surface area contributed by atoms with Crippen LogP contribution in [0.25, 0.3) is 0 Å². The maximum atomic E-state index is 12.5. The fourth-order valence-electron chi connectivity index (χ4n) is 1.65. The molecule has 1 aromatic heterocycles. The highest BCUT2D eigenvalue weighted by Crippen LogP contribution is 2.32. The molecule has 1 rings (SSSR count). The minimum absolute atomic E-state index is 0.0157. The van der Waals surface area contributed by atoms with Crippen molar-refractivity contribution in [1.82, 2.24) is 10.2 Å². The molecule has 0 spiro atoms. The maximum Gasteiger partial charge on any atom is 0.288 e. The van der Waals surface area contributed by atoms with Gasteiger partial charge in [-0.3, -0.25) is 9.59 Å². The molecule has 0 aliphatic heterocycles. The van der Waals surface area contributed by atoms with E-state index in [0.29, 0.717) is 18.3 Å². The van der Waals surface area contributed by atoms with E-state index in [1.165, 1.54) is 11.0 Å². The second-order valence-corrected chi connectivity index (χ2v) is 6.48. The van der Waals surface area contributed by atoms with Crippen molar-refractivity contribution in [2.24, 2.45) is 0 Å². The largest absolute Gasteiger partial charge is 0.352 e. The van der Waals surface area contributed by atoms with Gasteiger partial charge in [0.1, 0.15) is 4.88 Å². The average molecular weight is 336 g/mol. The number of carbonyl (C=O) groups is 2. The number of alkyl halides is 2. The second kappa shape index (κ2) is 8.33. The Bertz CT molecular complexity index is 492. The molecule has 0 saturated carbocycles. The Hall–Kier alpha value is -1.15. The lowest BCUT2D eigenvalue weighted by molar-refractivity contribution is -0.122. The minimum atomic E-state index is -2.58. The third kappa shape index (κ3) is 5.62. The van der Waals surface area contributed by atoms with Gasteiger partial charge in [0, 0.05) is 17.5 Å². The Morgan fingerprint density at radius 1 is 1.43 bits per heavy atom. The first kappa shape index (κ1) is 17.9. The number of thioether (sulfide) groups is 1. The molecule has 0 atom stereocenters. The van der Waals surface area contributed by atoms with E-state index in [2.05, 4.69) is 5.32 Å². The summed E-state index contributed by atoms with van der Waals surface area (Å²) in [5.74, 6) is -3.24. The third-order valence-electron chi connectivity index (χ3n) is 2.49. The zero-order valence-corrected chi connectivity index (χ0v) is 13.7. The van der Waals surface area contributed by atoms with Crippen LogP contribution < -0.4 is 5.32 Å². The minimum Gasteiger partial charge on any atom is -0.352 e. The zero-order valence-electron chi connectivity index (χ0n) is 12.1. The molecular weight excluding hydrogens is 318 g/mol. The lowest BCUT2D eigenvalue weighted by Gasteiger charge is -2.21. The van der Waals surface area contributed by atoms with Gasteiger partial charge in [-0.1, -0.05) is 11.8 Å². The van der Waals surface area contributed by atoms with Crippen LogP contribution in [0, 0.1) is 0 Å². The predicted molar refractivity (Wildman–Crippen MR) is 81.0 cm³/mol. The van der Waals surface area contributed by atoms with E-state index in [1.807, 2.05) is 13.8 Å². The Kier molecular flexibility index (Phi) is 7.10. The first-order chi connectivity index (χ1) is 9.85. The Morgan fingerprint density at radius 3 is 2.62 bits per heavy atom. The molecule has 0 aliphatic carbocycles. The van der Waals surface area contributed by atoms with E-state index in [1.54, 1.807) is 12.3 Å². The number of carbonyl (C=O) groups excluding carboxylic acids is 2. The molecule has 1 heterocycles. The van der Waals surface area contributed by atoms with Crippen molar-refractivity contribution in [2.45, 2.75) is 37.5 Å². The van der Waals surface area contributed by atoms with Crippen LogP contribution in [0.15, 0.2) is 16.3 Å². The summed E-state index contributed by atoms with van der Waals surface area (Å²) in [5, 5.41) is 4.30. The van der Waals surface area contributed by atoms with Gasteiger partial charge in [0.15, 0.2) is 0 Å². The van der Waals surface area contributed by atoms with E-state index >= 15 is 0 Å². The normalized spacial score (nSPS) is 11.0. The lowest BCUT2D eigenvalue weighted by Crippen LogP contribution is -2.42. The van der Waals surface area contributed by atoms with Crippen molar-refractivity contribution in [2.75, 3.05) is 13.1 Å². The van der Waals surface area contributed by atoms with Gasteiger partial charge >= 0.3 is 0 Å². The van der Waals surface area contributed by atoms with Crippen molar-refractivity contribution in [1.29, 1.82) is 0 Å². The van der Waals surface area contributed by atoms with Crippen LogP contribution >= 0.6 is 23.1 Å². The van der Waals surface area contributed by atoms with Gasteiger partial charge in [-0.15, -0.1) is 11.3 Å². The molecule has 118 valence electrons. The van der Waals surface area contributed by atoms with Crippen LogP contribution in [0.5, 0.6) is 0 Å². The molecule has 0 aliphatic rings. The molecule has 1 N–H and O–H groups in total. The first-order valence-electron chi connectivity index (χ1n) is 6.46. The molecule has 0 unspecified atom stereocenters. The van der Waals surface area contributed by atoms with E-state index in [4.69, 9.17) is 0 Å². The number of nitrogens with one attached hydrogen (secondary N) is 1. The number of halogens is 2. The lowest BCUT2D eigenvalue weighted by atomic mass is 10.3. The second-order valence-electron chi connectivity index (χ2n) is 4.53. The molecule has 0 radical (unpaired) electrons. The molecular formula is C13H18F2N2O2S2. The van der Waals surface area contributed by atoms with Crippen LogP contribution in [0.1, 0.15) is 30.4 Å². The van der Waals surface area contributed by atoms with Crippen LogP contribution in [-0.4, -0.2) is 41.6 Å². The Morgan fingerprint density at radius 2 is 2.10 bits per heavy atom. The molecule has 8 heteroatoms. The smallest absolute Gasteiger partial charge is 0.288 e. The first-order valence-corrected chi connectivity index (χ1v) is 8.22. The van der Waals surface area contributed by atoms with Crippen molar-refractivity contribution in [3.05, 3.63) is 16.3 Å². The van der Waals surface area contributed by atoms with Crippen LogP contribution in [0.3, 0.4) is 0 Å². The van der Waals surface area contributed by atoms with Gasteiger partial charge in [0.05, 0.1) is 6.54 Å². The average Bonchev–Trinajstić information content (AvgIpc) is 2.81. The maximum absolute atomic E-state index is 12.5. The summed E-state index contributed by atoms with van der Waals surface area (Å²) in [6, 6.07) is 1.48. The van der Waals surface area contributed by atoms with Crippen molar-refractivity contribution >= 4 is 34.9 Å². The summed E-state index contributed by atoms with van der Waals surface area (Å²) in [6.07, 6.45) is 0. The Balaban J connectivity index is 2.79. The topological polar surface area (TPSA) is 49.4 Å². The summed E-state index contributed by atoms with van der Waals surface area (Å²) >= 11 is 1.45. The highest BCUT2D eigenvalue weighted by molar-refractivity contribution is 7.99. The summed E-state index contributed by atoms with van der Waals surface area (Å²) < 4.78 is 24.9. The van der Waals surface area contributed by atoms with Gasteiger partial charge in [-0.05, 0) is 32.2 Å². The number of rotatable bonds is 7. The fraction of sp³-hybridized carbons (Fsp3) is 0.538. The molecule has 0 saturated heterocycles. The van der Waals surface area contributed by atoms with Crippen LogP contribution in [0.2, 0.25) is 0 Å². The predicted octanol–water partition coefficient (Wildman–Crippen LogP) is 3.05. The standard InChI is InChI=1S/C13H18F2N2O2S2/c1-4-17(7-10(18)16-8(2)3)12(19)11-9(5-6-20-11)21-13(14)15/h5-6,8,13H,4,7H2,1-3H3,(H,16,18). The van der Waals surface area contributed by atoms with Crippen molar-refractivity contribution < 1.29 is 18.4 Å². The molecule has 21 heavy (non-hydrogen) atoms. The van der Waals surface area contributed by atoms with E-state index in [0.717, 1.165) is 11.3 Å². The van der Waals surface area contributed by atoms with E-state index < -0.39 is 11.7 Å². The van der Waals surface area contributed by atoms with Gasteiger partial charge in [0.25, 0.3) is 11.7 Å². The van der Waals surface area contributed by atoms with Crippen molar-refractivity contribution in [3.8, 4) is 0 Å². The number of thiophene rings is 1. The van der Waals surface area contributed by atoms with Gasteiger partial charge in [0.2, 0.25) is 5.91 Å². The number of hydrogen-bond acceptors (Lipinski definition) is 4. The zero-order chi connectivity index (χ0) is 16.0. The molecule has 0 bridgehead atoms. The van der Waals surface area contributed by atoms with Gasteiger partial charge in [-0.25, -0.2) is 0 Å². The van der Waals surface area contributed by atoms with Crippen LogP contribution in [-0.2, 0) is 4.79 Å². The summed E-state index contributed by atoms with van der Waals surface area (Å²) in [7, 11) is 0.